The van der Waals surface area contributed by atoms with Gasteiger partial charge in [0.25, 0.3) is 0 Å². The summed E-state index contributed by atoms with van der Waals surface area (Å²) in [7, 11) is 2.91. The zero-order chi connectivity index (χ0) is 19.1. The van der Waals surface area contributed by atoms with Crippen LogP contribution in [-0.2, 0) is 11.2 Å². The summed E-state index contributed by atoms with van der Waals surface area (Å²) in [6, 6.07) is 1.82. The van der Waals surface area contributed by atoms with Crippen molar-refractivity contribution in [2.75, 3.05) is 14.2 Å². The number of phenols is 1. The lowest BCUT2D eigenvalue weighted by Gasteiger charge is -2.19. The van der Waals surface area contributed by atoms with Crippen molar-refractivity contribution in [2.45, 2.75) is 52.4 Å². The first-order chi connectivity index (χ1) is 12.5. The Morgan fingerprint density at radius 1 is 1.23 bits per heavy atom. The van der Waals surface area contributed by atoms with Crippen molar-refractivity contribution in [3.8, 4) is 11.5 Å². The van der Waals surface area contributed by atoms with E-state index in [-0.39, 0.29) is 11.3 Å². The maximum absolute atomic E-state index is 12.3. The molecular weight excluding hydrogens is 328 g/mol. The van der Waals surface area contributed by atoms with Gasteiger partial charge in [0.05, 0.1) is 14.2 Å². The third kappa shape index (κ3) is 4.90. The second kappa shape index (κ2) is 9.46. The molecule has 0 heterocycles. The number of carbonyl (C=O) groups is 1. The van der Waals surface area contributed by atoms with E-state index in [0.29, 0.717) is 29.2 Å². The van der Waals surface area contributed by atoms with E-state index in [1.165, 1.54) is 39.2 Å². The number of phenolic OH excluding ortho intramolecular Hbond substituents is 1. The monoisotopic (exact) mass is 358 g/mol. The number of esters is 1. The molecule has 4 nitrogen and oxygen atoms in total. The third-order valence-electron chi connectivity index (χ3n) is 4.92. The van der Waals surface area contributed by atoms with E-state index >= 15 is 0 Å². The molecule has 0 amide bonds. The lowest BCUT2D eigenvalue weighted by Crippen LogP contribution is -2.08. The molecule has 1 saturated carbocycles. The SMILES string of the molecule is COC(=O)c1c(C=CC2CCCCC2)cc(OC)c(CC=C(C)C)c1O. The van der Waals surface area contributed by atoms with Crippen LogP contribution in [0.25, 0.3) is 6.08 Å². The van der Waals surface area contributed by atoms with Crippen molar-refractivity contribution in [1.29, 1.82) is 0 Å². The highest BCUT2D eigenvalue weighted by Gasteiger charge is 2.23. The fourth-order valence-electron chi connectivity index (χ4n) is 3.40. The number of benzene rings is 1. The first-order valence-electron chi connectivity index (χ1n) is 9.30. The summed E-state index contributed by atoms with van der Waals surface area (Å²) in [5.41, 5.74) is 2.58. The summed E-state index contributed by atoms with van der Waals surface area (Å²) in [4.78, 5) is 12.3. The van der Waals surface area contributed by atoms with Crippen molar-refractivity contribution in [3.63, 3.8) is 0 Å². The molecule has 1 aromatic carbocycles. The Morgan fingerprint density at radius 3 is 2.50 bits per heavy atom. The largest absolute Gasteiger partial charge is 0.507 e. The molecule has 0 bridgehead atoms. The minimum absolute atomic E-state index is 0.0583. The predicted octanol–water partition coefficient (Wildman–Crippen LogP) is 5.29. The normalized spacial score (nSPS) is 15.1. The Balaban J connectivity index is 2.48. The van der Waals surface area contributed by atoms with Gasteiger partial charge >= 0.3 is 5.97 Å². The molecule has 0 aliphatic heterocycles. The fraction of sp³-hybridized carbons (Fsp3) is 0.500. The molecular formula is C22H30O4. The van der Waals surface area contributed by atoms with Gasteiger partial charge in [-0.15, -0.1) is 0 Å². The van der Waals surface area contributed by atoms with E-state index in [1.54, 1.807) is 7.11 Å². The summed E-state index contributed by atoms with van der Waals surface area (Å²) in [6.07, 6.45) is 12.7. The molecule has 0 radical (unpaired) electrons. The van der Waals surface area contributed by atoms with Crippen LogP contribution in [0.1, 0.15) is 67.4 Å². The first kappa shape index (κ1) is 20.1. The Labute approximate surface area is 156 Å². The highest BCUT2D eigenvalue weighted by molar-refractivity contribution is 5.97. The summed E-state index contributed by atoms with van der Waals surface area (Å²) in [5, 5.41) is 10.8. The Hall–Kier alpha value is -2.23. The molecule has 0 unspecified atom stereocenters. The quantitative estimate of drug-likeness (QED) is 0.554. The molecule has 0 atom stereocenters. The smallest absolute Gasteiger partial charge is 0.342 e. The zero-order valence-electron chi connectivity index (χ0n) is 16.3. The Morgan fingerprint density at radius 2 is 1.92 bits per heavy atom. The van der Waals surface area contributed by atoms with Crippen LogP contribution in [0.3, 0.4) is 0 Å². The molecule has 1 aromatic rings. The summed E-state index contributed by atoms with van der Waals surface area (Å²) >= 11 is 0. The average Bonchev–Trinajstić information content (AvgIpc) is 2.65. The van der Waals surface area contributed by atoms with Crippen LogP contribution in [0.5, 0.6) is 11.5 Å². The Kier molecular flexibility index (Phi) is 7.31. The molecule has 1 aliphatic carbocycles. The van der Waals surface area contributed by atoms with Crippen molar-refractivity contribution in [3.05, 3.63) is 40.5 Å². The number of allylic oxidation sites excluding steroid dienone is 3. The highest BCUT2D eigenvalue weighted by Crippen LogP contribution is 2.37. The van der Waals surface area contributed by atoms with E-state index in [2.05, 4.69) is 6.08 Å². The van der Waals surface area contributed by atoms with E-state index < -0.39 is 5.97 Å². The summed E-state index contributed by atoms with van der Waals surface area (Å²) in [6.45, 7) is 3.98. The zero-order valence-corrected chi connectivity index (χ0v) is 16.3. The van der Waals surface area contributed by atoms with Gasteiger partial charge in [-0.1, -0.05) is 43.1 Å². The number of aromatic hydroxyl groups is 1. The van der Waals surface area contributed by atoms with E-state index in [1.807, 2.05) is 32.1 Å². The lowest BCUT2D eigenvalue weighted by atomic mass is 9.88. The summed E-state index contributed by atoms with van der Waals surface area (Å²) in [5.74, 6) is 0.507. The predicted molar refractivity (Wildman–Crippen MR) is 105 cm³/mol. The Bertz CT molecular complexity index is 691. The maximum Gasteiger partial charge on any atom is 0.342 e. The van der Waals surface area contributed by atoms with Crippen LogP contribution in [0.2, 0.25) is 0 Å². The minimum atomic E-state index is -0.535. The van der Waals surface area contributed by atoms with Crippen LogP contribution in [0, 0.1) is 5.92 Å². The fourth-order valence-corrected chi connectivity index (χ4v) is 3.40. The second-order valence-electron chi connectivity index (χ2n) is 7.10. The molecule has 142 valence electrons. The molecule has 26 heavy (non-hydrogen) atoms. The lowest BCUT2D eigenvalue weighted by molar-refractivity contribution is 0.0597. The molecule has 4 heteroatoms. The van der Waals surface area contributed by atoms with Crippen LogP contribution in [0.15, 0.2) is 23.8 Å². The van der Waals surface area contributed by atoms with Crippen LogP contribution in [0.4, 0.5) is 0 Å². The number of ether oxygens (including phenoxy) is 2. The van der Waals surface area contributed by atoms with Gasteiger partial charge in [-0.3, -0.25) is 0 Å². The third-order valence-corrected chi connectivity index (χ3v) is 4.92. The van der Waals surface area contributed by atoms with Gasteiger partial charge in [-0.2, -0.15) is 0 Å². The molecule has 1 fully saturated rings. The highest BCUT2D eigenvalue weighted by atomic mass is 16.5. The van der Waals surface area contributed by atoms with Gasteiger partial charge in [-0.05, 0) is 50.7 Å². The van der Waals surface area contributed by atoms with E-state index in [9.17, 15) is 9.90 Å². The van der Waals surface area contributed by atoms with Crippen molar-refractivity contribution in [1.82, 2.24) is 0 Å². The van der Waals surface area contributed by atoms with Crippen LogP contribution in [-0.4, -0.2) is 25.3 Å². The molecule has 1 N–H and O–H groups in total. The van der Waals surface area contributed by atoms with E-state index in [4.69, 9.17) is 9.47 Å². The van der Waals surface area contributed by atoms with Gasteiger partial charge in [-0.25, -0.2) is 4.79 Å². The molecule has 1 aliphatic rings. The van der Waals surface area contributed by atoms with Crippen LogP contribution >= 0.6 is 0 Å². The van der Waals surface area contributed by atoms with Gasteiger partial charge in [0.15, 0.2) is 0 Å². The number of rotatable bonds is 6. The van der Waals surface area contributed by atoms with Gasteiger partial charge in [0.1, 0.15) is 17.1 Å². The van der Waals surface area contributed by atoms with E-state index in [0.717, 1.165) is 5.57 Å². The average molecular weight is 358 g/mol. The van der Waals surface area contributed by atoms with Gasteiger partial charge in [0, 0.05) is 5.56 Å². The molecule has 2 rings (SSSR count). The second-order valence-corrected chi connectivity index (χ2v) is 7.10. The molecule has 0 spiro atoms. The van der Waals surface area contributed by atoms with Crippen LogP contribution < -0.4 is 4.74 Å². The summed E-state index contributed by atoms with van der Waals surface area (Å²) < 4.78 is 10.4. The van der Waals surface area contributed by atoms with Crippen molar-refractivity contribution >= 4 is 12.0 Å². The minimum Gasteiger partial charge on any atom is -0.507 e. The van der Waals surface area contributed by atoms with Crippen molar-refractivity contribution in [2.24, 2.45) is 5.92 Å². The van der Waals surface area contributed by atoms with Gasteiger partial charge < -0.3 is 14.6 Å². The molecule has 0 saturated heterocycles. The first-order valence-corrected chi connectivity index (χ1v) is 9.30. The molecule has 0 aromatic heterocycles. The topological polar surface area (TPSA) is 55.8 Å². The number of methoxy groups -OCH3 is 2. The number of hydrogen-bond acceptors (Lipinski definition) is 4. The van der Waals surface area contributed by atoms with Gasteiger partial charge in [0.2, 0.25) is 0 Å². The van der Waals surface area contributed by atoms with Crippen molar-refractivity contribution < 1.29 is 19.4 Å². The number of carbonyl (C=O) groups excluding carboxylic acids is 1. The standard InChI is InChI=1S/C22H30O4/c1-15(2)10-13-18-19(25-3)14-17(20(21(18)23)22(24)26-4)12-11-16-8-6-5-7-9-16/h10-12,14,16,23H,5-9,13H2,1-4H3. The maximum atomic E-state index is 12.3. The number of hydrogen-bond donors (Lipinski definition) is 1.